The van der Waals surface area contributed by atoms with Crippen LogP contribution in [0.25, 0.3) is 0 Å². The van der Waals surface area contributed by atoms with Crippen LogP contribution in [-0.2, 0) is 17.4 Å². The maximum Gasteiger partial charge on any atom is 0.416 e. The minimum absolute atomic E-state index is 0.0517. The van der Waals surface area contributed by atoms with Crippen LogP contribution in [0.2, 0.25) is 0 Å². The van der Waals surface area contributed by atoms with Crippen LogP contribution in [0.1, 0.15) is 28.8 Å². The Labute approximate surface area is 147 Å². The topological polar surface area (TPSA) is 54.0 Å². The molecule has 2 aromatic rings. The molecule has 1 aliphatic rings. The Kier molecular flexibility index (Phi) is 5.39. The fraction of sp³-hybridized carbons (Fsp3) is 0.412. The van der Waals surface area contributed by atoms with Gasteiger partial charge >= 0.3 is 6.18 Å². The zero-order valence-corrected chi connectivity index (χ0v) is 14.2. The molecule has 4 nitrogen and oxygen atoms in total. The first-order chi connectivity index (χ1) is 11.9. The monoisotopic (exact) mass is 369 g/mol. The first-order valence-electron chi connectivity index (χ1n) is 8.01. The van der Waals surface area contributed by atoms with Crippen LogP contribution in [0.3, 0.4) is 0 Å². The van der Waals surface area contributed by atoms with Gasteiger partial charge in [-0.2, -0.15) is 13.2 Å². The molecule has 3 rings (SSSR count). The zero-order chi connectivity index (χ0) is 17.9. The SMILES string of the molecule is O=C(C[C@H]1CCNC1)Nc1ncc(Cc2ccc(C(F)(F)F)cc2)s1. The summed E-state index contributed by atoms with van der Waals surface area (Å²) in [7, 11) is 0. The van der Waals surface area contributed by atoms with Crippen molar-refractivity contribution in [3.63, 3.8) is 0 Å². The normalized spacial score (nSPS) is 17.6. The van der Waals surface area contributed by atoms with E-state index in [9.17, 15) is 18.0 Å². The van der Waals surface area contributed by atoms with E-state index in [-0.39, 0.29) is 5.91 Å². The van der Waals surface area contributed by atoms with E-state index in [0.717, 1.165) is 42.1 Å². The van der Waals surface area contributed by atoms with E-state index in [1.54, 1.807) is 6.20 Å². The molecule has 2 N–H and O–H groups in total. The molecule has 1 fully saturated rings. The second kappa shape index (κ2) is 7.53. The number of carbonyl (C=O) groups is 1. The summed E-state index contributed by atoms with van der Waals surface area (Å²) in [5, 5.41) is 6.54. The van der Waals surface area contributed by atoms with Crippen LogP contribution in [0.4, 0.5) is 18.3 Å². The van der Waals surface area contributed by atoms with Crippen LogP contribution in [0.5, 0.6) is 0 Å². The van der Waals surface area contributed by atoms with Gasteiger partial charge < -0.3 is 10.6 Å². The Hall–Kier alpha value is -1.93. The third-order valence-electron chi connectivity index (χ3n) is 4.10. The molecule has 134 valence electrons. The Bertz CT molecular complexity index is 721. The molecule has 25 heavy (non-hydrogen) atoms. The molecule has 1 aliphatic heterocycles. The lowest BCUT2D eigenvalue weighted by Crippen LogP contribution is -2.18. The lowest BCUT2D eigenvalue weighted by molar-refractivity contribution is -0.137. The van der Waals surface area contributed by atoms with Crippen LogP contribution in [0.15, 0.2) is 30.5 Å². The fourth-order valence-corrected chi connectivity index (χ4v) is 3.64. The van der Waals surface area contributed by atoms with Gasteiger partial charge in [-0.15, -0.1) is 11.3 Å². The first kappa shape index (κ1) is 17.9. The number of thiazole rings is 1. The van der Waals surface area contributed by atoms with E-state index in [1.807, 2.05) is 0 Å². The highest BCUT2D eigenvalue weighted by Crippen LogP contribution is 2.30. The molecule has 0 bridgehead atoms. The molecule has 1 saturated heterocycles. The molecule has 0 aliphatic carbocycles. The lowest BCUT2D eigenvalue weighted by atomic mass is 10.1. The van der Waals surface area contributed by atoms with Crippen molar-refractivity contribution in [3.05, 3.63) is 46.5 Å². The smallest absolute Gasteiger partial charge is 0.316 e. The number of amides is 1. The molecule has 1 amide bonds. The van der Waals surface area contributed by atoms with Gasteiger partial charge in [-0.25, -0.2) is 4.98 Å². The average molecular weight is 369 g/mol. The van der Waals surface area contributed by atoms with Gasteiger partial charge in [0.15, 0.2) is 5.13 Å². The second-order valence-corrected chi connectivity index (χ2v) is 7.23. The Morgan fingerprint density at radius 2 is 2.08 bits per heavy atom. The number of nitrogens with zero attached hydrogens (tertiary/aromatic N) is 1. The van der Waals surface area contributed by atoms with E-state index >= 15 is 0 Å². The molecular formula is C17H18F3N3OS. The third-order valence-corrected chi connectivity index (χ3v) is 5.01. The van der Waals surface area contributed by atoms with Crippen molar-refractivity contribution in [3.8, 4) is 0 Å². The second-order valence-electron chi connectivity index (χ2n) is 6.11. The first-order valence-corrected chi connectivity index (χ1v) is 8.83. The van der Waals surface area contributed by atoms with Gasteiger partial charge in [0.1, 0.15) is 0 Å². The number of aromatic nitrogens is 1. The summed E-state index contributed by atoms with van der Waals surface area (Å²) < 4.78 is 37.7. The summed E-state index contributed by atoms with van der Waals surface area (Å²) in [4.78, 5) is 17.1. The summed E-state index contributed by atoms with van der Waals surface area (Å²) in [5.41, 5.74) is 0.112. The van der Waals surface area contributed by atoms with Crippen molar-refractivity contribution in [2.24, 2.45) is 5.92 Å². The highest BCUT2D eigenvalue weighted by atomic mass is 32.1. The molecule has 8 heteroatoms. The number of alkyl halides is 3. The van der Waals surface area contributed by atoms with E-state index in [1.165, 1.54) is 23.5 Å². The fourth-order valence-electron chi connectivity index (χ4n) is 2.78. The highest BCUT2D eigenvalue weighted by Gasteiger charge is 2.29. The van der Waals surface area contributed by atoms with Crippen molar-refractivity contribution >= 4 is 22.4 Å². The number of rotatable bonds is 5. The van der Waals surface area contributed by atoms with Crippen molar-refractivity contribution < 1.29 is 18.0 Å². The number of anilines is 1. The van der Waals surface area contributed by atoms with Gasteiger partial charge in [0.05, 0.1) is 5.56 Å². The Morgan fingerprint density at radius 3 is 2.72 bits per heavy atom. The van der Waals surface area contributed by atoms with E-state index < -0.39 is 11.7 Å². The van der Waals surface area contributed by atoms with Crippen LogP contribution < -0.4 is 10.6 Å². The van der Waals surface area contributed by atoms with Crippen LogP contribution in [0, 0.1) is 5.92 Å². The van der Waals surface area contributed by atoms with E-state index in [0.29, 0.717) is 23.9 Å². The predicted molar refractivity (Wildman–Crippen MR) is 90.6 cm³/mol. The summed E-state index contributed by atoms with van der Waals surface area (Å²) >= 11 is 1.34. The quantitative estimate of drug-likeness (QED) is 0.845. The summed E-state index contributed by atoms with van der Waals surface area (Å²) in [6.45, 7) is 1.82. The maximum absolute atomic E-state index is 12.6. The number of carbonyl (C=O) groups excluding carboxylic acids is 1. The minimum Gasteiger partial charge on any atom is -0.316 e. The zero-order valence-electron chi connectivity index (χ0n) is 13.4. The summed E-state index contributed by atoms with van der Waals surface area (Å²) in [5.74, 6) is 0.315. The van der Waals surface area contributed by atoms with Gasteiger partial charge in [-0.3, -0.25) is 4.79 Å². The molecule has 1 atom stereocenters. The van der Waals surface area contributed by atoms with E-state index in [2.05, 4.69) is 15.6 Å². The number of hydrogen-bond donors (Lipinski definition) is 2. The van der Waals surface area contributed by atoms with E-state index in [4.69, 9.17) is 0 Å². The number of benzene rings is 1. The van der Waals surface area contributed by atoms with Crippen LogP contribution >= 0.6 is 11.3 Å². The van der Waals surface area contributed by atoms with Gasteiger partial charge in [-0.1, -0.05) is 12.1 Å². The summed E-state index contributed by atoms with van der Waals surface area (Å²) in [6, 6.07) is 5.09. The van der Waals surface area contributed by atoms with Crippen LogP contribution in [-0.4, -0.2) is 24.0 Å². The largest absolute Gasteiger partial charge is 0.416 e. The van der Waals surface area contributed by atoms with Gasteiger partial charge in [0.25, 0.3) is 0 Å². The lowest BCUT2D eigenvalue weighted by Gasteiger charge is -2.07. The maximum atomic E-state index is 12.6. The van der Waals surface area contributed by atoms with Crippen molar-refractivity contribution in [2.45, 2.75) is 25.4 Å². The number of hydrogen-bond acceptors (Lipinski definition) is 4. The number of halogens is 3. The van der Waals surface area contributed by atoms with Crippen molar-refractivity contribution in [1.29, 1.82) is 0 Å². The van der Waals surface area contributed by atoms with Crippen molar-refractivity contribution in [1.82, 2.24) is 10.3 Å². The molecule has 1 aromatic carbocycles. The number of nitrogens with one attached hydrogen (secondary N) is 2. The van der Waals surface area contributed by atoms with Gasteiger partial charge in [-0.05, 0) is 43.1 Å². The Morgan fingerprint density at radius 1 is 1.32 bits per heavy atom. The highest BCUT2D eigenvalue weighted by molar-refractivity contribution is 7.15. The third kappa shape index (κ3) is 5.02. The Balaban J connectivity index is 1.55. The van der Waals surface area contributed by atoms with Gasteiger partial charge in [0.2, 0.25) is 5.91 Å². The predicted octanol–water partition coefficient (Wildman–Crippen LogP) is 3.69. The van der Waals surface area contributed by atoms with Crippen molar-refractivity contribution in [2.75, 3.05) is 18.4 Å². The molecule has 0 spiro atoms. The molecule has 0 unspecified atom stereocenters. The average Bonchev–Trinajstić information content (AvgIpc) is 3.19. The molecular weight excluding hydrogens is 351 g/mol. The molecule has 0 radical (unpaired) electrons. The molecule has 0 saturated carbocycles. The van der Waals surface area contributed by atoms with Gasteiger partial charge in [0, 0.05) is 23.9 Å². The standard InChI is InChI=1S/C17H18F3N3OS/c18-17(19,20)13-3-1-11(2-4-13)7-14-10-22-16(25-14)23-15(24)8-12-5-6-21-9-12/h1-4,10,12,21H,5-9H2,(H,22,23,24)/t12-/m1/s1. The summed E-state index contributed by atoms with van der Waals surface area (Å²) in [6.07, 6.45) is -0.714. The molecule has 1 aromatic heterocycles. The molecule has 2 heterocycles. The minimum atomic E-state index is -4.32.